The minimum atomic E-state index is -0.403. The third-order valence-corrected chi connectivity index (χ3v) is 6.33. The molecule has 162 valence electrons. The van der Waals surface area contributed by atoms with E-state index in [1.807, 2.05) is 14.7 Å². The van der Waals surface area contributed by atoms with Gasteiger partial charge >= 0.3 is 6.03 Å². The fourth-order valence-electron chi connectivity index (χ4n) is 4.60. The Balaban J connectivity index is 1.40. The number of rotatable bonds is 3. The van der Waals surface area contributed by atoms with Crippen LogP contribution in [0.4, 0.5) is 16.2 Å². The van der Waals surface area contributed by atoms with Gasteiger partial charge in [0.15, 0.2) is 0 Å². The second kappa shape index (κ2) is 8.89. The van der Waals surface area contributed by atoms with E-state index >= 15 is 0 Å². The van der Waals surface area contributed by atoms with Crippen molar-refractivity contribution in [1.29, 1.82) is 0 Å². The topological polar surface area (TPSA) is 90.2 Å². The van der Waals surface area contributed by atoms with Crippen LogP contribution < -0.4 is 4.90 Å². The lowest BCUT2D eigenvalue weighted by Crippen LogP contribution is -2.54. The van der Waals surface area contributed by atoms with Gasteiger partial charge in [-0.2, -0.15) is 0 Å². The number of amides is 3. The number of urea groups is 1. The molecule has 3 heterocycles. The van der Waals surface area contributed by atoms with Crippen molar-refractivity contribution in [1.82, 2.24) is 14.7 Å². The van der Waals surface area contributed by atoms with Gasteiger partial charge in [-0.1, -0.05) is 0 Å². The summed E-state index contributed by atoms with van der Waals surface area (Å²) < 4.78 is 0. The molecule has 0 spiro atoms. The number of likely N-dealkylation sites (tertiary alicyclic amines) is 1. The number of nitrogens with zero attached hydrogens (tertiary/aromatic N) is 5. The van der Waals surface area contributed by atoms with Crippen LogP contribution in [-0.2, 0) is 0 Å². The Morgan fingerprint density at radius 2 is 1.33 bits per heavy atom. The Morgan fingerprint density at radius 1 is 0.767 bits per heavy atom. The maximum Gasteiger partial charge on any atom is 0.320 e. The average Bonchev–Trinajstić information content (AvgIpc) is 3.33. The molecule has 0 aliphatic carbocycles. The molecule has 3 fully saturated rings. The van der Waals surface area contributed by atoms with Gasteiger partial charge < -0.3 is 19.6 Å². The Labute approximate surface area is 176 Å². The molecule has 3 aliphatic heterocycles. The number of carbonyl (C=O) groups is 2. The van der Waals surface area contributed by atoms with Crippen molar-refractivity contribution in [2.45, 2.75) is 32.1 Å². The highest BCUT2D eigenvalue weighted by molar-refractivity contribution is 5.96. The summed E-state index contributed by atoms with van der Waals surface area (Å²) in [6, 6.07) is 4.86. The summed E-state index contributed by atoms with van der Waals surface area (Å²) in [5.41, 5.74) is 0.910. The number of piperidine rings is 1. The second-order valence-electron chi connectivity index (χ2n) is 8.26. The molecule has 0 unspecified atom stereocenters. The van der Waals surface area contributed by atoms with E-state index in [1.54, 1.807) is 17.0 Å². The highest BCUT2D eigenvalue weighted by Crippen LogP contribution is 2.32. The van der Waals surface area contributed by atoms with E-state index in [-0.39, 0.29) is 17.6 Å². The first-order chi connectivity index (χ1) is 14.5. The first-order valence-corrected chi connectivity index (χ1v) is 10.9. The molecule has 3 aliphatic rings. The second-order valence-corrected chi connectivity index (χ2v) is 8.26. The molecule has 9 nitrogen and oxygen atoms in total. The monoisotopic (exact) mass is 415 g/mol. The van der Waals surface area contributed by atoms with Gasteiger partial charge in [-0.3, -0.25) is 14.9 Å². The maximum atomic E-state index is 13.0. The summed E-state index contributed by atoms with van der Waals surface area (Å²) >= 11 is 0. The van der Waals surface area contributed by atoms with Crippen LogP contribution in [0.5, 0.6) is 0 Å². The fraction of sp³-hybridized carbons (Fsp3) is 0.619. The van der Waals surface area contributed by atoms with Crippen molar-refractivity contribution in [2.75, 3.05) is 57.3 Å². The fourth-order valence-corrected chi connectivity index (χ4v) is 4.60. The molecular formula is C21H29N5O4. The van der Waals surface area contributed by atoms with E-state index < -0.39 is 4.92 Å². The van der Waals surface area contributed by atoms with Gasteiger partial charge in [-0.25, -0.2) is 4.79 Å². The zero-order valence-corrected chi connectivity index (χ0v) is 17.3. The Kier molecular flexibility index (Phi) is 6.06. The normalized spacial score (nSPS) is 19.9. The lowest BCUT2D eigenvalue weighted by atomic mass is 10.1. The minimum Gasteiger partial charge on any atom is -0.366 e. The molecule has 1 aromatic rings. The van der Waals surface area contributed by atoms with Gasteiger partial charge in [-0.15, -0.1) is 0 Å². The summed E-state index contributed by atoms with van der Waals surface area (Å²) in [4.78, 5) is 44.2. The molecule has 0 saturated carbocycles. The van der Waals surface area contributed by atoms with Crippen LogP contribution >= 0.6 is 0 Å². The van der Waals surface area contributed by atoms with E-state index in [4.69, 9.17) is 0 Å². The Hall–Kier alpha value is -2.84. The number of nitro groups is 1. The van der Waals surface area contributed by atoms with Gasteiger partial charge in [0.2, 0.25) is 0 Å². The van der Waals surface area contributed by atoms with Crippen LogP contribution in [-0.4, -0.2) is 83.9 Å². The molecule has 9 heteroatoms. The van der Waals surface area contributed by atoms with Gasteiger partial charge in [-0.05, 0) is 44.2 Å². The molecule has 4 rings (SSSR count). The first kappa shape index (κ1) is 20.4. The molecule has 0 aromatic heterocycles. The van der Waals surface area contributed by atoms with Crippen LogP contribution in [0.3, 0.4) is 0 Å². The molecular weight excluding hydrogens is 386 g/mol. The van der Waals surface area contributed by atoms with Crippen molar-refractivity contribution in [3.8, 4) is 0 Å². The smallest absolute Gasteiger partial charge is 0.320 e. The van der Waals surface area contributed by atoms with Crippen molar-refractivity contribution < 1.29 is 14.5 Å². The highest BCUT2D eigenvalue weighted by atomic mass is 16.6. The number of carbonyl (C=O) groups excluding carboxylic acids is 2. The van der Waals surface area contributed by atoms with Gasteiger partial charge in [0, 0.05) is 64.0 Å². The van der Waals surface area contributed by atoms with Crippen LogP contribution in [0, 0.1) is 10.1 Å². The quantitative estimate of drug-likeness (QED) is 0.559. The van der Waals surface area contributed by atoms with Gasteiger partial charge in [0.25, 0.3) is 11.6 Å². The number of hydrogen-bond donors (Lipinski definition) is 0. The van der Waals surface area contributed by atoms with E-state index in [1.165, 1.54) is 12.5 Å². The molecule has 0 radical (unpaired) electrons. The number of anilines is 1. The Morgan fingerprint density at radius 3 is 1.97 bits per heavy atom. The van der Waals surface area contributed by atoms with Crippen molar-refractivity contribution in [3.63, 3.8) is 0 Å². The third-order valence-electron chi connectivity index (χ3n) is 6.33. The van der Waals surface area contributed by atoms with Crippen molar-refractivity contribution >= 4 is 23.3 Å². The molecule has 0 bridgehead atoms. The van der Waals surface area contributed by atoms with E-state index in [2.05, 4.69) is 0 Å². The van der Waals surface area contributed by atoms with Crippen molar-refractivity contribution in [3.05, 3.63) is 33.9 Å². The largest absolute Gasteiger partial charge is 0.366 e. The zero-order valence-electron chi connectivity index (χ0n) is 17.3. The van der Waals surface area contributed by atoms with Gasteiger partial charge in [0.1, 0.15) is 5.69 Å². The highest BCUT2D eigenvalue weighted by Gasteiger charge is 2.30. The summed E-state index contributed by atoms with van der Waals surface area (Å²) in [6.07, 6.45) is 5.33. The number of hydrogen-bond acceptors (Lipinski definition) is 5. The van der Waals surface area contributed by atoms with E-state index in [0.717, 1.165) is 51.9 Å². The SMILES string of the molecule is O=C(c1ccc(N2CCCC2)c([N+](=O)[O-])c1)N1CCN(C(=O)N2CCCCC2)CC1. The van der Waals surface area contributed by atoms with Crippen molar-refractivity contribution in [2.24, 2.45) is 0 Å². The van der Waals surface area contributed by atoms with E-state index in [0.29, 0.717) is 37.4 Å². The standard InChI is InChI=1S/C21H29N5O4/c27-20(17-6-7-18(19(16-17)26(29)30)22-8-4-5-9-22)23-12-14-25(15-13-23)21(28)24-10-2-1-3-11-24/h6-7,16H,1-5,8-15H2. The molecule has 0 N–H and O–H groups in total. The maximum absolute atomic E-state index is 13.0. The van der Waals surface area contributed by atoms with Gasteiger partial charge in [0.05, 0.1) is 4.92 Å². The number of benzene rings is 1. The van der Waals surface area contributed by atoms with Crippen LogP contribution in [0.25, 0.3) is 0 Å². The van der Waals surface area contributed by atoms with Crippen LogP contribution in [0.15, 0.2) is 18.2 Å². The third kappa shape index (κ3) is 4.20. The van der Waals surface area contributed by atoms with Crippen LogP contribution in [0.1, 0.15) is 42.5 Å². The summed E-state index contributed by atoms with van der Waals surface area (Å²) in [5, 5.41) is 11.6. The average molecular weight is 415 g/mol. The predicted molar refractivity (Wildman–Crippen MR) is 113 cm³/mol. The minimum absolute atomic E-state index is 0.0123. The molecule has 0 atom stereocenters. The zero-order chi connectivity index (χ0) is 21.1. The Bertz CT molecular complexity index is 810. The summed E-state index contributed by atoms with van der Waals surface area (Å²) in [6.45, 7) is 5.11. The first-order valence-electron chi connectivity index (χ1n) is 10.9. The molecule has 3 amide bonds. The molecule has 3 saturated heterocycles. The summed E-state index contributed by atoms with van der Waals surface area (Å²) in [7, 11) is 0. The lowest BCUT2D eigenvalue weighted by Gasteiger charge is -2.38. The van der Waals surface area contributed by atoms with E-state index in [9.17, 15) is 19.7 Å². The summed E-state index contributed by atoms with van der Waals surface area (Å²) in [5.74, 6) is -0.212. The molecule has 30 heavy (non-hydrogen) atoms. The van der Waals surface area contributed by atoms with Crippen LogP contribution in [0.2, 0.25) is 0 Å². The number of piperazine rings is 1. The molecule has 1 aromatic carbocycles. The predicted octanol–water partition coefficient (Wildman–Crippen LogP) is 2.56. The number of nitro benzene ring substituents is 1. The lowest BCUT2D eigenvalue weighted by molar-refractivity contribution is -0.384.